The van der Waals surface area contributed by atoms with Crippen LogP contribution in [0.15, 0.2) is 59.8 Å². The quantitative estimate of drug-likeness (QED) is 0.709. The number of hydrogen-bond acceptors (Lipinski definition) is 6. The van der Waals surface area contributed by atoms with Crippen molar-refractivity contribution in [1.82, 2.24) is 5.32 Å². The van der Waals surface area contributed by atoms with Crippen molar-refractivity contribution in [3.63, 3.8) is 0 Å². The van der Waals surface area contributed by atoms with E-state index < -0.39 is 23.9 Å². The van der Waals surface area contributed by atoms with Gasteiger partial charge in [0.2, 0.25) is 5.60 Å². The summed E-state index contributed by atoms with van der Waals surface area (Å²) in [6.45, 7) is 0.0879. The predicted molar refractivity (Wildman–Crippen MR) is 103 cm³/mol. The summed E-state index contributed by atoms with van der Waals surface area (Å²) in [7, 11) is 0. The third-order valence-corrected chi connectivity index (χ3v) is 4.42. The Hall–Kier alpha value is -3.86. The Balaban J connectivity index is 1.78. The SMILES string of the molecule is N#CCOc1ccccc1C1=NOC(CC(=O)O)(C(=O)NCc2ccccc2)C1. The lowest BCUT2D eigenvalue weighted by Crippen LogP contribution is -2.48. The molecule has 1 heterocycles. The van der Waals surface area contributed by atoms with E-state index in [-0.39, 0.29) is 19.6 Å². The van der Waals surface area contributed by atoms with Crippen molar-refractivity contribution < 1.29 is 24.3 Å². The van der Waals surface area contributed by atoms with Gasteiger partial charge in [-0.05, 0) is 17.7 Å². The molecule has 0 aliphatic carbocycles. The second kappa shape index (κ2) is 8.89. The lowest BCUT2D eigenvalue weighted by atomic mass is 9.89. The van der Waals surface area contributed by atoms with E-state index in [1.165, 1.54) is 0 Å². The van der Waals surface area contributed by atoms with Gasteiger partial charge in [0.1, 0.15) is 11.8 Å². The standard InChI is InChI=1S/C21H19N3O5/c22-10-11-28-18-9-5-4-8-16(18)17-12-21(29-24-17,13-19(25)26)20(27)23-14-15-6-2-1-3-7-15/h1-9H,11-14H2,(H,23,27)(H,25,26). The fourth-order valence-corrected chi connectivity index (χ4v) is 3.04. The maximum atomic E-state index is 12.9. The Morgan fingerprint density at radius 1 is 1.21 bits per heavy atom. The average Bonchev–Trinajstić information content (AvgIpc) is 3.16. The molecule has 0 bridgehead atoms. The number of carbonyl (C=O) groups excluding carboxylic acids is 1. The molecule has 0 spiro atoms. The van der Waals surface area contributed by atoms with Crippen molar-refractivity contribution in [1.29, 1.82) is 5.26 Å². The first-order valence-electron chi connectivity index (χ1n) is 8.92. The highest BCUT2D eigenvalue weighted by atomic mass is 16.7. The molecule has 29 heavy (non-hydrogen) atoms. The largest absolute Gasteiger partial charge is 0.481 e. The molecule has 2 aromatic carbocycles. The third-order valence-electron chi connectivity index (χ3n) is 4.42. The van der Waals surface area contributed by atoms with Crippen LogP contribution in [0, 0.1) is 11.3 Å². The third kappa shape index (κ3) is 4.71. The van der Waals surface area contributed by atoms with Gasteiger partial charge in [0.05, 0.1) is 12.1 Å². The van der Waals surface area contributed by atoms with Crippen molar-refractivity contribution in [2.75, 3.05) is 6.61 Å². The van der Waals surface area contributed by atoms with Crippen molar-refractivity contribution in [3.05, 3.63) is 65.7 Å². The smallest absolute Gasteiger partial charge is 0.308 e. The van der Waals surface area contributed by atoms with Crippen LogP contribution in [0.4, 0.5) is 0 Å². The average molecular weight is 393 g/mol. The van der Waals surface area contributed by atoms with Gasteiger partial charge in [0.15, 0.2) is 6.61 Å². The minimum absolute atomic E-state index is 0.0349. The summed E-state index contributed by atoms with van der Waals surface area (Å²) in [5, 5.41) is 24.8. The molecule has 1 unspecified atom stereocenters. The molecule has 1 aliphatic heterocycles. The van der Waals surface area contributed by atoms with Crippen molar-refractivity contribution in [3.8, 4) is 11.8 Å². The fraction of sp³-hybridized carbons (Fsp3) is 0.238. The lowest BCUT2D eigenvalue weighted by molar-refractivity contribution is -0.156. The topological polar surface area (TPSA) is 121 Å². The minimum Gasteiger partial charge on any atom is -0.481 e. The minimum atomic E-state index is -1.65. The molecule has 8 nitrogen and oxygen atoms in total. The summed E-state index contributed by atoms with van der Waals surface area (Å²) < 4.78 is 5.40. The van der Waals surface area contributed by atoms with Gasteiger partial charge in [0, 0.05) is 18.5 Å². The van der Waals surface area contributed by atoms with E-state index in [9.17, 15) is 14.7 Å². The zero-order valence-corrected chi connectivity index (χ0v) is 15.5. The number of oxime groups is 1. The van der Waals surface area contributed by atoms with Gasteiger partial charge in [-0.3, -0.25) is 9.59 Å². The summed E-state index contributed by atoms with van der Waals surface area (Å²) in [6.07, 6.45) is -0.575. The number of benzene rings is 2. The Kier molecular flexibility index (Phi) is 6.09. The molecule has 1 amide bonds. The van der Waals surface area contributed by atoms with Crippen molar-refractivity contribution in [2.24, 2.45) is 5.16 Å². The van der Waals surface area contributed by atoms with Gasteiger partial charge in [-0.25, -0.2) is 0 Å². The van der Waals surface area contributed by atoms with Crippen LogP contribution in [0.2, 0.25) is 0 Å². The van der Waals surface area contributed by atoms with Crippen LogP contribution in [0.3, 0.4) is 0 Å². The van der Waals surface area contributed by atoms with Crippen LogP contribution < -0.4 is 10.1 Å². The number of carbonyl (C=O) groups is 2. The number of aliphatic carboxylic acids is 1. The van der Waals surface area contributed by atoms with Gasteiger partial charge in [-0.2, -0.15) is 5.26 Å². The van der Waals surface area contributed by atoms with E-state index in [0.717, 1.165) is 5.56 Å². The maximum Gasteiger partial charge on any atom is 0.308 e. The molecule has 1 aliphatic rings. The molecule has 0 saturated carbocycles. The van der Waals surface area contributed by atoms with E-state index in [0.29, 0.717) is 17.0 Å². The fourth-order valence-electron chi connectivity index (χ4n) is 3.04. The van der Waals surface area contributed by atoms with Crippen molar-refractivity contribution >= 4 is 17.6 Å². The van der Waals surface area contributed by atoms with Crippen LogP contribution in [-0.2, 0) is 21.0 Å². The monoisotopic (exact) mass is 393 g/mol. The summed E-state index contributed by atoms with van der Waals surface area (Å²) in [5.74, 6) is -1.32. The predicted octanol–water partition coefficient (Wildman–Crippen LogP) is 2.24. The highest BCUT2D eigenvalue weighted by molar-refractivity contribution is 6.07. The highest BCUT2D eigenvalue weighted by Gasteiger charge is 2.49. The molecule has 0 aromatic heterocycles. The Bertz CT molecular complexity index is 968. The second-order valence-corrected chi connectivity index (χ2v) is 6.48. The van der Waals surface area contributed by atoms with Gasteiger partial charge >= 0.3 is 5.97 Å². The Labute approximate surface area is 167 Å². The number of nitrogens with one attached hydrogen (secondary N) is 1. The number of carboxylic acids is 1. The van der Waals surface area contributed by atoms with Gasteiger partial charge < -0.3 is 20.0 Å². The number of amides is 1. The molecular formula is C21H19N3O5. The number of hydrogen-bond donors (Lipinski definition) is 2. The number of nitrogens with zero attached hydrogens (tertiary/aromatic N) is 2. The molecule has 2 aromatic rings. The molecule has 0 fully saturated rings. The number of ether oxygens (including phenoxy) is 1. The molecular weight excluding hydrogens is 374 g/mol. The van der Waals surface area contributed by atoms with Crippen LogP contribution >= 0.6 is 0 Å². The van der Waals surface area contributed by atoms with Gasteiger partial charge in [-0.15, -0.1) is 0 Å². The summed E-state index contributed by atoms with van der Waals surface area (Å²) in [4.78, 5) is 29.7. The van der Waals surface area contributed by atoms with E-state index in [1.807, 2.05) is 36.4 Å². The number of rotatable bonds is 8. The number of nitriles is 1. The van der Waals surface area contributed by atoms with E-state index in [1.54, 1.807) is 24.3 Å². The first-order valence-corrected chi connectivity index (χ1v) is 8.92. The van der Waals surface area contributed by atoms with Crippen LogP contribution in [0.1, 0.15) is 24.0 Å². The molecule has 0 saturated heterocycles. The normalized spacial score (nSPS) is 17.6. The first kappa shape index (κ1) is 19.9. The Morgan fingerprint density at radius 2 is 1.93 bits per heavy atom. The molecule has 148 valence electrons. The molecule has 8 heteroatoms. The molecule has 0 radical (unpaired) electrons. The highest BCUT2D eigenvalue weighted by Crippen LogP contribution is 2.33. The van der Waals surface area contributed by atoms with E-state index in [4.69, 9.17) is 14.8 Å². The molecule has 1 atom stereocenters. The Morgan fingerprint density at radius 3 is 2.66 bits per heavy atom. The van der Waals surface area contributed by atoms with Gasteiger partial charge in [-0.1, -0.05) is 47.6 Å². The summed E-state index contributed by atoms with van der Waals surface area (Å²) in [6, 6.07) is 18.0. The van der Waals surface area contributed by atoms with Crippen LogP contribution in [0.5, 0.6) is 5.75 Å². The number of para-hydroxylation sites is 1. The van der Waals surface area contributed by atoms with Gasteiger partial charge in [0.25, 0.3) is 5.91 Å². The van der Waals surface area contributed by atoms with E-state index >= 15 is 0 Å². The van der Waals surface area contributed by atoms with Crippen LogP contribution in [-0.4, -0.2) is 34.9 Å². The zero-order chi connectivity index (χ0) is 20.7. The first-order chi connectivity index (χ1) is 14.0. The number of carboxylic acid groups (broad SMARTS) is 1. The summed E-state index contributed by atoms with van der Waals surface area (Å²) >= 11 is 0. The van der Waals surface area contributed by atoms with Crippen LogP contribution in [0.25, 0.3) is 0 Å². The maximum absolute atomic E-state index is 12.9. The van der Waals surface area contributed by atoms with E-state index in [2.05, 4.69) is 10.5 Å². The molecule has 3 rings (SSSR count). The summed E-state index contributed by atoms with van der Waals surface area (Å²) in [5.41, 5.74) is 0.152. The lowest BCUT2D eigenvalue weighted by Gasteiger charge is -2.23. The van der Waals surface area contributed by atoms with Crippen molar-refractivity contribution in [2.45, 2.75) is 25.0 Å². The zero-order valence-electron chi connectivity index (χ0n) is 15.5. The molecule has 2 N–H and O–H groups in total. The second-order valence-electron chi connectivity index (χ2n) is 6.48.